The van der Waals surface area contributed by atoms with Crippen molar-refractivity contribution in [3.8, 4) is 0 Å². The molecule has 72 valence electrons. The average Bonchev–Trinajstić information content (AvgIpc) is 1.85. The molecule has 1 atom stereocenters. The van der Waals surface area contributed by atoms with Gasteiger partial charge >= 0.3 is 0 Å². The SMILES string of the molecule is CN(N)CCC(C=O)C(C)(C)C. The van der Waals surface area contributed by atoms with Gasteiger partial charge in [0.15, 0.2) is 0 Å². The van der Waals surface area contributed by atoms with E-state index in [1.54, 1.807) is 5.01 Å². The van der Waals surface area contributed by atoms with E-state index in [-0.39, 0.29) is 11.3 Å². The Morgan fingerprint density at radius 2 is 2.00 bits per heavy atom. The van der Waals surface area contributed by atoms with Gasteiger partial charge in [-0.3, -0.25) is 10.9 Å². The van der Waals surface area contributed by atoms with Crippen LogP contribution in [0.3, 0.4) is 0 Å². The first-order valence-electron chi connectivity index (χ1n) is 4.29. The van der Waals surface area contributed by atoms with E-state index >= 15 is 0 Å². The molecular weight excluding hydrogens is 152 g/mol. The molecule has 0 aliphatic heterocycles. The van der Waals surface area contributed by atoms with Gasteiger partial charge in [-0.05, 0) is 11.8 Å². The molecule has 0 aromatic carbocycles. The van der Waals surface area contributed by atoms with Gasteiger partial charge < -0.3 is 4.79 Å². The van der Waals surface area contributed by atoms with Crippen LogP contribution in [0.1, 0.15) is 27.2 Å². The lowest BCUT2D eigenvalue weighted by Gasteiger charge is -2.26. The highest BCUT2D eigenvalue weighted by Gasteiger charge is 2.23. The molecule has 0 saturated carbocycles. The molecule has 12 heavy (non-hydrogen) atoms. The number of hydrogen-bond donors (Lipinski definition) is 1. The summed E-state index contributed by atoms with van der Waals surface area (Å²) in [4.78, 5) is 10.7. The van der Waals surface area contributed by atoms with Crippen molar-refractivity contribution in [3.63, 3.8) is 0 Å². The van der Waals surface area contributed by atoms with Crippen molar-refractivity contribution in [2.24, 2.45) is 17.2 Å². The van der Waals surface area contributed by atoms with Crippen LogP contribution in [0.2, 0.25) is 0 Å². The number of aldehydes is 1. The molecule has 0 saturated heterocycles. The number of nitrogens with two attached hydrogens (primary N) is 1. The number of nitrogens with zero attached hydrogens (tertiary/aromatic N) is 1. The quantitative estimate of drug-likeness (QED) is 0.391. The first kappa shape index (κ1) is 11.6. The lowest BCUT2D eigenvalue weighted by Crippen LogP contribution is -2.31. The van der Waals surface area contributed by atoms with Crippen LogP contribution < -0.4 is 5.84 Å². The van der Waals surface area contributed by atoms with E-state index in [1.165, 1.54) is 0 Å². The van der Waals surface area contributed by atoms with Crippen molar-refractivity contribution < 1.29 is 4.79 Å². The molecule has 3 heteroatoms. The van der Waals surface area contributed by atoms with Gasteiger partial charge in [0.25, 0.3) is 0 Å². The summed E-state index contributed by atoms with van der Waals surface area (Å²) < 4.78 is 0. The lowest BCUT2D eigenvalue weighted by atomic mass is 9.80. The standard InChI is InChI=1S/C9H20N2O/c1-9(2,3)8(7-12)5-6-11(4)10/h7-8H,5-6,10H2,1-4H3. The van der Waals surface area contributed by atoms with E-state index in [9.17, 15) is 4.79 Å². The molecule has 0 spiro atoms. The lowest BCUT2D eigenvalue weighted by molar-refractivity contribution is -0.114. The maximum Gasteiger partial charge on any atom is 0.123 e. The van der Waals surface area contributed by atoms with E-state index in [0.717, 1.165) is 19.3 Å². The maximum atomic E-state index is 10.7. The van der Waals surface area contributed by atoms with E-state index < -0.39 is 0 Å². The zero-order valence-electron chi connectivity index (χ0n) is 8.50. The van der Waals surface area contributed by atoms with Gasteiger partial charge in [0.05, 0.1) is 0 Å². The van der Waals surface area contributed by atoms with Crippen LogP contribution in [0.25, 0.3) is 0 Å². The van der Waals surface area contributed by atoms with Crippen LogP contribution in [-0.2, 0) is 4.79 Å². The number of rotatable bonds is 4. The molecule has 0 heterocycles. The van der Waals surface area contributed by atoms with E-state index in [1.807, 2.05) is 7.05 Å². The maximum absolute atomic E-state index is 10.7. The van der Waals surface area contributed by atoms with Gasteiger partial charge in [0, 0.05) is 19.5 Å². The number of carbonyl (C=O) groups excluding carboxylic acids is 1. The highest BCUT2D eigenvalue weighted by Crippen LogP contribution is 2.26. The Labute approximate surface area is 74.9 Å². The van der Waals surface area contributed by atoms with Crippen LogP contribution in [0.4, 0.5) is 0 Å². The molecule has 0 rings (SSSR count). The summed E-state index contributed by atoms with van der Waals surface area (Å²) in [6.07, 6.45) is 1.86. The second-order valence-electron chi connectivity index (χ2n) is 4.38. The molecule has 1 unspecified atom stereocenters. The fourth-order valence-corrected chi connectivity index (χ4v) is 1.05. The zero-order valence-corrected chi connectivity index (χ0v) is 8.50. The summed E-state index contributed by atoms with van der Waals surface area (Å²) in [5.41, 5.74) is 0.0533. The second kappa shape index (κ2) is 4.58. The minimum Gasteiger partial charge on any atom is -0.303 e. The Balaban J connectivity index is 3.93. The molecule has 0 bridgehead atoms. The third kappa shape index (κ3) is 4.46. The first-order valence-corrected chi connectivity index (χ1v) is 4.29. The minimum atomic E-state index is 0.0533. The van der Waals surface area contributed by atoms with Gasteiger partial charge in [-0.1, -0.05) is 20.8 Å². The Morgan fingerprint density at radius 3 is 2.25 bits per heavy atom. The van der Waals surface area contributed by atoms with Gasteiger partial charge in [-0.15, -0.1) is 0 Å². The molecule has 0 aromatic heterocycles. The Morgan fingerprint density at radius 1 is 1.50 bits per heavy atom. The molecule has 0 fully saturated rings. The highest BCUT2D eigenvalue weighted by molar-refractivity contribution is 5.54. The van der Waals surface area contributed by atoms with Crippen molar-refractivity contribution in [1.82, 2.24) is 5.01 Å². The third-order valence-corrected chi connectivity index (χ3v) is 2.07. The Kier molecular flexibility index (Phi) is 4.42. The van der Waals surface area contributed by atoms with Gasteiger partial charge in [0.1, 0.15) is 6.29 Å². The van der Waals surface area contributed by atoms with Crippen LogP contribution in [-0.4, -0.2) is 24.9 Å². The normalized spacial score (nSPS) is 14.8. The van der Waals surface area contributed by atoms with Crippen molar-refractivity contribution in [2.75, 3.05) is 13.6 Å². The van der Waals surface area contributed by atoms with Crippen molar-refractivity contribution in [1.29, 1.82) is 0 Å². The largest absolute Gasteiger partial charge is 0.303 e. The van der Waals surface area contributed by atoms with Gasteiger partial charge in [0.2, 0.25) is 0 Å². The third-order valence-electron chi connectivity index (χ3n) is 2.07. The molecular formula is C9H20N2O. The van der Waals surface area contributed by atoms with Crippen LogP contribution >= 0.6 is 0 Å². The average molecular weight is 172 g/mol. The predicted octanol–water partition coefficient (Wildman–Crippen LogP) is 1.04. The van der Waals surface area contributed by atoms with Crippen molar-refractivity contribution in [3.05, 3.63) is 0 Å². The molecule has 0 aliphatic rings. The van der Waals surface area contributed by atoms with Crippen molar-refractivity contribution >= 4 is 6.29 Å². The molecule has 0 aliphatic carbocycles. The number of hydrogen-bond acceptors (Lipinski definition) is 3. The van der Waals surface area contributed by atoms with Gasteiger partial charge in [-0.25, -0.2) is 0 Å². The van der Waals surface area contributed by atoms with Crippen LogP contribution in [0.5, 0.6) is 0 Å². The summed E-state index contributed by atoms with van der Waals surface area (Å²) in [6, 6.07) is 0. The monoisotopic (exact) mass is 172 g/mol. The molecule has 0 amide bonds. The van der Waals surface area contributed by atoms with E-state index in [2.05, 4.69) is 20.8 Å². The van der Waals surface area contributed by atoms with Gasteiger partial charge in [-0.2, -0.15) is 0 Å². The second-order valence-corrected chi connectivity index (χ2v) is 4.38. The number of carbonyl (C=O) groups is 1. The summed E-state index contributed by atoms with van der Waals surface area (Å²) in [7, 11) is 1.81. The Bertz CT molecular complexity index is 138. The molecule has 2 N–H and O–H groups in total. The molecule has 0 aromatic rings. The van der Waals surface area contributed by atoms with E-state index in [0.29, 0.717) is 0 Å². The number of hydrazine groups is 1. The Hall–Kier alpha value is -0.410. The minimum absolute atomic E-state index is 0.0533. The first-order chi connectivity index (χ1) is 5.38. The molecule has 3 nitrogen and oxygen atoms in total. The molecule has 0 radical (unpaired) electrons. The topological polar surface area (TPSA) is 46.3 Å². The van der Waals surface area contributed by atoms with E-state index in [4.69, 9.17) is 5.84 Å². The van der Waals surface area contributed by atoms with Crippen LogP contribution in [0, 0.1) is 11.3 Å². The predicted molar refractivity (Wildman–Crippen MR) is 50.4 cm³/mol. The summed E-state index contributed by atoms with van der Waals surface area (Å²) in [5, 5.41) is 1.61. The summed E-state index contributed by atoms with van der Waals surface area (Å²) >= 11 is 0. The summed E-state index contributed by atoms with van der Waals surface area (Å²) in [5.74, 6) is 5.56. The van der Waals surface area contributed by atoms with Crippen LogP contribution in [0.15, 0.2) is 0 Å². The highest BCUT2D eigenvalue weighted by atomic mass is 16.1. The fraction of sp³-hybridized carbons (Fsp3) is 0.889. The zero-order chi connectivity index (χ0) is 9.78. The van der Waals surface area contributed by atoms with Crippen molar-refractivity contribution in [2.45, 2.75) is 27.2 Å². The smallest absolute Gasteiger partial charge is 0.123 e. The fourth-order valence-electron chi connectivity index (χ4n) is 1.05. The summed E-state index contributed by atoms with van der Waals surface area (Å²) in [6.45, 7) is 6.98.